The van der Waals surface area contributed by atoms with Gasteiger partial charge >= 0.3 is 0 Å². The molecule has 7 heteroatoms. The van der Waals surface area contributed by atoms with Gasteiger partial charge in [-0.2, -0.15) is 0 Å². The number of nitrogens with zero attached hydrogens (tertiary/aromatic N) is 2. The molecule has 1 aromatic rings. The first-order valence-electron chi connectivity index (χ1n) is 7.73. The highest BCUT2D eigenvalue weighted by atomic mass is 19.2. The number of carbonyl (C=O) groups is 1. The van der Waals surface area contributed by atoms with E-state index in [4.69, 9.17) is 9.84 Å². The van der Waals surface area contributed by atoms with Crippen LogP contribution < -0.4 is 0 Å². The number of ether oxygens (including phenoxy) is 1. The third-order valence-corrected chi connectivity index (χ3v) is 3.89. The van der Waals surface area contributed by atoms with Crippen molar-refractivity contribution in [1.29, 1.82) is 0 Å². The Balaban J connectivity index is 1.93. The summed E-state index contributed by atoms with van der Waals surface area (Å²) in [5.74, 6) is -2.27. The second kappa shape index (κ2) is 8.90. The van der Waals surface area contributed by atoms with Crippen molar-refractivity contribution >= 4 is 5.91 Å². The fourth-order valence-electron chi connectivity index (χ4n) is 2.53. The minimum Gasteiger partial charge on any atom is -0.395 e. The topological polar surface area (TPSA) is 53.0 Å². The molecule has 1 aliphatic heterocycles. The number of aliphatic hydroxyl groups is 1. The minimum atomic E-state index is -0.988. The van der Waals surface area contributed by atoms with Crippen molar-refractivity contribution in [2.75, 3.05) is 52.5 Å². The number of benzene rings is 1. The predicted octanol–water partition coefficient (Wildman–Crippen LogP) is 0.660. The van der Waals surface area contributed by atoms with Crippen LogP contribution in [0.4, 0.5) is 8.78 Å². The van der Waals surface area contributed by atoms with E-state index in [2.05, 4.69) is 4.90 Å². The first-order chi connectivity index (χ1) is 11.1. The number of hydrogen-bond donors (Lipinski definition) is 1. The molecular weight excluding hydrogens is 306 g/mol. The Morgan fingerprint density at radius 3 is 2.70 bits per heavy atom. The third kappa shape index (κ3) is 5.23. The summed E-state index contributed by atoms with van der Waals surface area (Å²) in [7, 11) is 0. The molecule has 2 rings (SSSR count). The van der Waals surface area contributed by atoms with E-state index in [0.717, 1.165) is 19.2 Å². The van der Waals surface area contributed by atoms with Crippen LogP contribution in [0.2, 0.25) is 0 Å². The van der Waals surface area contributed by atoms with Crippen LogP contribution in [0.25, 0.3) is 0 Å². The Hall–Kier alpha value is -1.57. The van der Waals surface area contributed by atoms with E-state index < -0.39 is 11.6 Å². The maximum absolute atomic E-state index is 13.7. The SMILES string of the molecule is O=C(Cc1cccc(F)c1F)N(CCO)CCN1CCOCC1. The van der Waals surface area contributed by atoms with Crippen LogP contribution in [0.3, 0.4) is 0 Å². The van der Waals surface area contributed by atoms with Gasteiger partial charge in [0.25, 0.3) is 0 Å². The number of hydrogen-bond acceptors (Lipinski definition) is 4. The van der Waals surface area contributed by atoms with E-state index in [9.17, 15) is 13.6 Å². The highest BCUT2D eigenvalue weighted by Crippen LogP contribution is 2.13. The van der Waals surface area contributed by atoms with E-state index in [1.54, 1.807) is 0 Å². The van der Waals surface area contributed by atoms with Crippen molar-refractivity contribution < 1.29 is 23.4 Å². The Bertz CT molecular complexity index is 522. The van der Waals surface area contributed by atoms with Gasteiger partial charge in [0, 0.05) is 38.3 Å². The van der Waals surface area contributed by atoms with E-state index in [1.807, 2.05) is 0 Å². The van der Waals surface area contributed by atoms with Crippen molar-refractivity contribution in [1.82, 2.24) is 9.80 Å². The summed E-state index contributed by atoms with van der Waals surface area (Å²) in [6.07, 6.45) is -0.216. The Morgan fingerprint density at radius 1 is 1.26 bits per heavy atom. The van der Waals surface area contributed by atoms with Crippen LogP contribution in [0.5, 0.6) is 0 Å². The molecule has 1 amide bonds. The lowest BCUT2D eigenvalue weighted by Gasteiger charge is -2.30. The summed E-state index contributed by atoms with van der Waals surface area (Å²) in [4.78, 5) is 16.0. The lowest BCUT2D eigenvalue weighted by atomic mass is 10.1. The van der Waals surface area contributed by atoms with Crippen LogP contribution in [0.1, 0.15) is 5.56 Å². The lowest BCUT2D eigenvalue weighted by Crippen LogP contribution is -2.44. The fourth-order valence-corrected chi connectivity index (χ4v) is 2.53. The average Bonchev–Trinajstić information content (AvgIpc) is 2.56. The first-order valence-corrected chi connectivity index (χ1v) is 7.73. The molecule has 1 heterocycles. The van der Waals surface area contributed by atoms with Crippen LogP contribution in [0, 0.1) is 11.6 Å². The van der Waals surface area contributed by atoms with Crippen LogP contribution in [-0.2, 0) is 16.0 Å². The zero-order chi connectivity index (χ0) is 16.7. The molecule has 0 unspecified atom stereocenters. The molecule has 1 fully saturated rings. The minimum absolute atomic E-state index is 0.0318. The van der Waals surface area contributed by atoms with Gasteiger partial charge in [0.2, 0.25) is 5.91 Å². The zero-order valence-electron chi connectivity index (χ0n) is 13.0. The van der Waals surface area contributed by atoms with Crippen molar-refractivity contribution in [3.63, 3.8) is 0 Å². The van der Waals surface area contributed by atoms with Crippen molar-refractivity contribution in [2.24, 2.45) is 0 Å². The summed E-state index contributed by atoms with van der Waals surface area (Å²) < 4.78 is 32.1. The lowest BCUT2D eigenvalue weighted by molar-refractivity contribution is -0.131. The number of aliphatic hydroxyl groups excluding tert-OH is 1. The summed E-state index contributed by atoms with van der Waals surface area (Å²) in [5, 5.41) is 9.13. The van der Waals surface area contributed by atoms with Gasteiger partial charge in [-0.15, -0.1) is 0 Å². The molecule has 0 saturated carbocycles. The molecule has 1 N–H and O–H groups in total. The molecule has 0 bridgehead atoms. The summed E-state index contributed by atoms with van der Waals surface area (Å²) >= 11 is 0. The second-order valence-corrected chi connectivity index (χ2v) is 5.45. The number of morpholine rings is 1. The standard InChI is InChI=1S/C16H22F2N2O3/c17-14-3-1-2-13(16(14)18)12-15(22)20(6-9-21)5-4-19-7-10-23-11-8-19/h1-3,21H,4-12H2. The molecule has 1 aliphatic rings. The van der Waals surface area contributed by atoms with E-state index in [0.29, 0.717) is 26.3 Å². The Labute approximate surface area is 134 Å². The smallest absolute Gasteiger partial charge is 0.227 e. The molecular formula is C16H22F2N2O3. The molecule has 1 aromatic carbocycles. The van der Waals surface area contributed by atoms with Crippen LogP contribution >= 0.6 is 0 Å². The normalized spacial score (nSPS) is 15.6. The van der Waals surface area contributed by atoms with Gasteiger partial charge < -0.3 is 14.7 Å². The molecule has 128 valence electrons. The average molecular weight is 328 g/mol. The first kappa shape index (κ1) is 17.8. The highest BCUT2D eigenvalue weighted by molar-refractivity contribution is 5.78. The quantitative estimate of drug-likeness (QED) is 0.799. The van der Waals surface area contributed by atoms with Crippen LogP contribution in [0.15, 0.2) is 18.2 Å². The third-order valence-electron chi connectivity index (χ3n) is 3.89. The number of halogens is 2. The predicted molar refractivity (Wildman–Crippen MR) is 81.0 cm³/mol. The van der Waals surface area contributed by atoms with Gasteiger partial charge in [-0.05, 0) is 6.07 Å². The van der Waals surface area contributed by atoms with Crippen molar-refractivity contribution in [3.8, 4) is 0 Å². The molecule has 0 radical (unpaired) electrons. The molecule has 0 aliphatic carbocycles. The van der Waals surface area contributed by atoms with Gasteiger partial charge in [-0.3, -0.25) is 9.69 Å². The van der Waals surface area contributed by atoms with Gasteiger partial charge in [0.05, 0.1) is 26.2 Å². The highest BCUT2D eigenvalue weighted by Gasteiger charge is 2.19. The maximum atomic E-state index is 13.7. The molecule has 0 atom stereocenters. The monoisotopic (exact) mass is 328 g/mol. The number of carbonyl (C=O) groups excluding carboxylic acids is 1. The summed E-state index contributed by atoms with van der Waals surface area (Å²) in [6, 6.07) is 3.80. The maximum Gasteiger partial charge on any atom is 0.227 e. The van der Waals surface area contributed by atoms with Gasteiger partial charge in [0.1, 0.15) is 0 Å². The second-order valence-electron chi connectivity index (χ2n) is 5.45. The van der Waals surface area contributed by atoms with Crippen molar-refractivity contribution in [3.05, 3.63) is 35.4 Å². The Kier molecular flexibility index (Phi) is 6.88. The molecule has 5 nitrogen and oxygen atoms in total. The molecule has 23 heavy (non-hydrogen) atoms. The zero-order valence-corrected chi connectivity index (χ0v) is 13.0. The van der Waals surface area contributed by atoms with Gasteiger partial charge in [-0.1, -0.05) is 12.1 Å². The fraction of sp³-hybridized carbons (Fsp3) is 0.562. The summed E-state index contributed by atoms with van der Waals surface area (Å²) in [5.41, 5.74) is 0.0318. The molecule has 0 spiro atoms. The molecule has 1 saturated heterocycles. The number of amides is 1. The van der Waals surface area contributed by atoms with Gasteiger partial charge in [-0.25, -0.2) is 8.78 Å². The largest absolute Gasteiger partial charge is 0.395 e. The Morgan fingerprint density at radius 2 is 2.00 bits per heavy atom. The van der Waals surface area contributed by atoms with E-state index in [-0.39, 0.29) is 31.0 Å². The van der Waals surface area contributed by atoms with E-state index >= 15 is 0 Å². The summed E-state index contributed by atoms with van der Waals surface area (Å²) in [6.45, 7) is 4.07. The van der Waals surface area contributed by atoms with E-state index in [1.165, 1.54) is 17.0 Å². The van der Waals surface area contributed by atoms with Crippen LogP contribution in [-0.4, -0.2) is 73.4 Å². The van der Waals surface area contributed by atoms with Gasteiger partial charge in [0.15, 0.2) is 11.6 Å². The molecule has 0 aromatic heterocycles. The number of rotatable bonds is 7. The van der Waals surface area contributed by atoms with Crippen molar-refractivity contribution in [2.45, 2.75) is 6.42 Å².